The smallest absolute Gasteiger partial charge is 0.328 e. The predicted octanol–water partition coefficient (Wildman–Crippen LogP) is 3.64. The van der Waals surface area contributed by atoms with E-state index in [0.29, 0.717) is 6.42 Å². The minimum atomic E-state index is -0.539. The van der Waals surface area contributed by atoms with Crippen molar-refractivity contribution >= 4 is 11.9 Å². The number of methoxy groups -OCH3 is 1. The molecule has 0 saturated carbocycles. The molecule has 0 saturated heterocycles. The largest absolute Gasteiger partial charge is 0.467 e. The van der Waals surface area contributed by atoms with Crippen LogP contribution in [0.25, 0.3) is 0 Å². The molecule has 1 atom stereocenters. The van der Waals surface area contributed by atoms with Gasteiger partial charge in [0.15, 0.2) is 0 Å². The summed E-state index contributed by atoms with van der Waals surface area (Å²) in [5.41, 5.74) is 0.938. The summed E-state index contributed by atoms with van der Waals surface area (Å²) in [6.45, 7) is 2.19. The number of rotatable bonds is 11. The Labute approximate surface area is 139 Å². The van der Waals surface area contributed by atoms with Crippen LogP contribution in [-0.4, -0.2) is 25.0 Å². The Morgan fingerprint density at radius 2 is 1.70 bits per heavy atom. The van der Waals surface area contributed by atoms with Crippen molar-refractivity contribution in [1.29, 1.82) is 0 Å². The fourth-order valence-corrected chi connectivity index (χ4v) is 2.55. The van der Waals surface area contributed by atoms with Crippen molar-refractivity contribution in [3.63, 3.8) is 0 Å². The molecule has 4 nitrogen and oxygen atoms in total. The van der Waals surface area contributed by atoms with Gasteiger partial charge >= 0.3 is 5.97 Å². The number of esters is 1. The van der Waals surface area contributed by atoms with E-state index in [1.807, 2.05) is 30.3 Å². The molecule has 4 heteroatoms. The van der Waals surface area contributed by atoms with Crippen LogP contribution in [0.4, 0.5) is 0 Å². The number of ether oxygens (including phenoxy) is 1. The fourth-order valence-electron chi connectivity index (χ4n) is 2.55. The van der Waals surface area contributed by atoms with E-state index in [-0.39, 0.29) is 18.3 Å². The summed E-state index contributed by atoms with van der Waals surface area (Å²) in [6.07, 6.45) is 7.83. The van der Waals surface area contributed by atoms with E-state index in [2.05, 4.69) is 12.2 Å². The van der Waals surface area contributed by atoms with Gasteiger partial charge in [-0.3, -0.25) is 4.79 Å². The van der Waals surface area contributed by atoms with Crippen LogP contribution in [0, 0.1) is 0 Å². The van der Waals surface area contributed by atoms with Crippen LogP contribution in [0.15, 0.2) is 30.3 Å². The normalized spacial score (nSPS) is 11.7. The topological polar surface area (TPSA) is 55.4 Å². The van der Waals surface area contributed by atoms with Crippen LogP contribution in [0.3, 0.4) is 0 Å². The van der Waals surface area contributed by atoms with Crippen molar-refractivity contribution in [2.24, 2.45) is 0 Å². The Balaban J connectivity index is 2.38. The lowest BCUT2D eigenvalue weighted by atomic mass is 10.0. The van der Waals surface area contributed by atoms with Gasteiger partial charge in [0, 0.05) is 0 Å². The highest BCUT2D eigenvalue weighted by Crippen LogP contribution is 2.10. The number of carbonyl (C=O) groups is 2. The summed E-state index contributed by atoms with van der Waals surface area (Å²) in [4.78, 5) is 23.9. The molecule has 128 valence electrons. The molecule has 0 heterocycles. The van der Waals surface area contributed by atoms with Gasteiger partial charge in [-0.25, -0.2) is 4.79 Å². The molecule has 0 spiro atoms. The number of hydrogen-bond donors (Lipinski definition) is 1. The lowest BCUT2D eigenvalue weighted by Crippen LogP contribution is -2.42. The molecule has 0 aliphatic rings. The third kappa shape index (κ3) is 8.38. The van der Waals surface area contributed by atoms with Gasteiger partial charge in [0.2, 0.25) is 5.91 Å². The van der Waals surface area contributed by atoms with Crippen LogP contribution in [0.1, 0.15) is 57.4 Å². The Kier molecular flexibility index (Phi) is 9.76. The van der Waals surface area contributed by atoms with Crippen molar-refractivity contribution in [2.45, 2.75) is 64.3 Å². The minimum absolute atomic E-state index is 0.141. The molecule has 1 N–H and O–H groups in total. The zero-order chi connectivity index (χ0) is 16.9. The molecule has 1 aromatic rings. The second-order valence-electron chi connectivity index (χ2n) is 5.86. The first-order valence-corrected chi connectivity index (χ1v) is 8.58. The fraction of sp³-hybridized carbons (Fsp3) is 0.579. The average molecular weight is 319 g/mol. The monoisotopic (exact) mass is 319 g/mol. The van der Waals surface area contributed by atoms with Crippen LogP contribution in [-0.2, 0) is 20.7 Å². The van der Waals surface area contributed by atoms with E-state index < -0.39 is 6.04 Å². The van der Waals surface area contributed by atoms with Gasteiger partial charge in [0.05, 0.1) is 13.5 Å². The van der Waals surface area contributed by atoms with E-state index in [1.54, 1.807) is 0 Å². The number of nitrogens with one attached hydrogen (secondary N) is 1. The zero-order valence-corrected chi connectivity index (χ0v) is 14.3. The van der Waals surface area contributed by atoms with Gasteiger partial charge in [-0.2, -0.15) is 0 Å². The SMILES string of the molecule is CCCCCCCC[C@H](NC(=O)Cc1ccccc1)C(=O)OC. The van der Waals surface area contributed by atoms with Crippen LogP contribution in [0.5, 0.6) is 0 Å². The molecule has 1 amide bonds. The highest BCUT2D eigenvalue weighted by atomic mass is 16.5. The minimum Gasteiger partial charge on any atom is -0.467 e. The van der Waals surface area contributed by atoms with Gasteiger partial charge in [0.1, 0.15) is 6.04 Å². The molecule has 0 aliphatic carbocycles. The molecule has 0 aromatic heterocycles. The maximum Gasteiger partial charge on any atom is 0.328 e. The maximum atomic E-state index is 12.1. The molecule has 23 heavy (non-hydrogen) atoms. The summed E-state index contributed by atoms with van der Waals surface area (Å²) in [7, 11) is 1.36. The molecule has 1 aromatic carbocycles. The van der Waals surface area contributed by atoms with E-state index in [4.69, 9.17) is 4.74 Å². The molecular weight excluding hydrogens is 290 g/mol. The van der Waals surface area contributed by atoms with Crippen LogP contribution in [0.2, 0.25) is 0 Å². The Hall–Kier alpha value is -1.84. The zero-order valence-electron chi connectivity index (χ0n) is 14.3. The maximum absolute atomic E-state index is 12.1. The van der Waals surface area contributed by atoms with Crippen molar-refractivity contribution in [3.8, 4) is 0 Å². The molecule has 0 aliphatic heterocycles. The lowest BCUT2D eigenvalue weighted by molar-refractivity contribution is -0.145. The standard InChI is InChI=1S/C19H29NO3/c1-3-4-5-6-7-11-14-17(19(22)23-2)20-18(21)15-16-12-9-8-10-13-16/h8-10,12-13,17H,3-7,11,14-15H2,1-2H3,(H,20,21)/t17-/m0/s1. The third-order valence-electron chi connectivity index (χ3n) is 3.87. The molecule has 1 rings (SSSR count). The van der Waals surface area contributed by atoms with Crippen molar-refractivity contribution in [2.75, 3.05) is 7.11 Å². The highest BCUT2D eigenvalue weighted by molar-refractivity contribution is 5.85. The summed E-state index contributed by atoms with van der Waals surface area (Å²) in [5, 5.41) is 2.80. The molecule has 0 radical (unpaired) electrons. The van der Waals surface area contributed by atoms with E-state index >= 15 is 0 Å². The summed E-state index contributed by atoms with van der Waals surface area (Å²) in [6, 6.07) is 8.98. The van der Waals surface area contributed by atoms with E-state index in [1.165, 1.54) is 32.8 Å². The number of hydrogen-bond acceptors (Lipinski definition) is 3. The molecule has 0 unspecified atom stereocenters. The molecular formula is C19H29NO3. The summed E-state index contributed by atoms with van der Waals surface area (Å²) >= 11 is 0. The molecule has 0 bridgehead atoms. The Morgan fingerprint density at radius 3 is 2.35 bits per heavy atom. The summed E-state index contributed by atoms with van der Waals surface area (Å²) in [5.74, 6) is -0.502. The highest BCUT2D eigenvalue weighted by Gasteiger charge is 2.20. The first kappa shape index (κ1) is 19.2. The predicted molar refractivity (Wildman–Crippen MR) is 92.1 cm³/mol. The quantitative estimate of drug-likeness (QED) is 0.500. The molecule has 0 fully saturated rings. The van der Waals surface area contributed by atoms with Gasteiger partial charge in [-0.05, 0) is 12.0 Å². The summed E-state index contributed by atoms with van der Waals surface area (Å²) < 4.78 is 4.81. The van der Waals surface area contributed by atoms with Crippen molar-refractivity contribution in [3.05, 3.63) is 35.9 Å². The van der Waals surface area contributed by atoms with Crippen molar-refractivity contribution < 1.29 is 14.3 Å². The van der Waals surface area contributed by atoms with Crippen molar-refractivity contribution in [1.82, 2.24) is 5.32 Å². The number of benzene rings is 1. The Morgan fingerprint density at radius 1 is 1.04 bits per heavy atom. The average Bonchev–Trinajstić information content (AvgIpc) is 2.57. The first-order chi connectivity index (χ1) is 11.2. The van der Waals surface area contributed by atoms with Crippen LogP contribution < -0.4 is 5.32 Å². The number of carbonyl (C=O) groups excluding carboxylic acids is 2. The van der Waals surface area contributed by atoms with Gasteiger partial charge < -0.3 is 10.1 Å². The number of amides is 1. The van der Waals surface area contributed by atoms with E-state index in [0.717, 1.165) is 18.4 Å². The Bertz CT molecular complexity index is 459. The first-order valence-electron chi connectivity index (χ1n) is 8.58. The second kappa shape index (κ2) is 11.7. The van der Waals surface area contributed by atoms with Gasteiger partial charge in [-0.15, -0.1) is 0 Å². The second-order valence-corrected chi connectivity index (χ2v) is 5.86. The van der Waals surface area contributed by atoms with Gasteiger partial charge in [0.25, 0.3) is 0 Å². The third-order valence-corrected chi connectivity index (χ3v) is 3.87. The number of unbranched alkanes of at least 4 members (excludes halogenated alkanes) is 5. The van der Waals surface area contributed by atoms with Gasteiger partial charge in [-0.1, -0.05) is 75.8 Å². The lowest BCUT2D eigenvalue weighted by Gasteiger charge is -2.16. The van der Waals surface area contributed by atoms with Crippen LogP contribution >= 0.6 is 0 Å². The van der Waals surface area contributed by atoms with E-state index in [9.17, 15) is 9.59 Å².